The Morgan fingerprint density at radius 1 is 1.27 bits per heavy atom. The second-order valence-electron chi connectivity index (χ2n) is 8.62. The predicted octanol–water partition coefficient (Wildman–Crippen LogP) is 4.57. The van der Waals surface area contributed by atoms with Crippen molar-refractivity contribution in [3.8, 4) is 0 Å². The lowest BCUT2D eigenvalue weighted by Gasteiger charge is -2.20. The molecule has 0 spiro atoms. The van der Waals surface area contributed by atoms with Gasteiger partial charge in [-0.1, -0.05) is 30.0 Å². The topological polar surface area (TPSA) is 73.2 Å². The summed E-state index contributed by atoms with van der Waals surface area (Å²) in [6.45, 7) is 6.79. The fraction of sp³-hybridized carbons (Fsp3) is 0.480. The molecule has 0 bridgehead atoms. The van der Waals surface area contributed by atoms with E-state index in [1.807, 2.05) is 20.8 Å². The number of carbonyl (C=O) groups excluding carboxylic acids is 1. The molecule has 0 saturated carbocycles. The van der Waals surface area contributed by atoms with Gasteiger partial charge in [-0.05, 0) is 68.7 Å². The third-order valence-electron chi connectivity index (χ3n) is 6.36. The minimum Gasteiger partial charge on any atom is -0.383 e. The molecule has 0 saturated heterocycles. The summed E-state index contributed by atoms with van der Waals surface area (Å²) in [5.41, 5.74) is 4.90. The van der Waals surface area contributed by atoms with E-state index < -0.39 is 0 Å². The highest BCUT2D eigenvalue weighted by atomic mass is 32.2. The molecule has 8 heteroatoms. The highest BCUT2D eigenvalue weighted by Crippen LogP contribution is 2.29. The number of thiophene rings is 1. The van der Waals surface area contributed by atoms with E-state index in [1.54, 1.807) is 11.7 Å². The monoisotopic (exact) mass is 485 g/mol. The molecule has 4 rings (SSSR count). The van der Waals surface area contributed by atoms with E-state index in [-0.39, 0.29) is 23.3 Å². The number of methoxy groups -OCH3 is 1. The Morgan fingerprint density at radius 2 is 2.03 bits per heavy atom. The smallest absolute Gasteiger partial charge is 0.263 e. The lowest BCUT2D eigenvalue weighted by atomic mass is 9.89. The zero-order valence-electron chi connectivity index (χ0n) is 19.7. The van der Waals surface area contributed by atoms with Gasteiger partial charge in [0.25, 0.3) is 5.56 Å². The van der Waals surface area contributed by atoms with Crippen molar-refractivity contribution in [2.45, 2.75) is 64.2 Å². The van der Waals surface area contributed by atoms with E-state index >= 15 is 0 Å². The molecule has 2 aromatic heterocycles. The Bertz CT molecular complexity index is 1230. The first-order valence-electron chi connectivity index (χ1n) is 11.4. The maximum absolute atomic E-state index is 13.2. The molecule has 2 heterocycles. The number of aromatic nitrogens is 2. The van der Waals surface area contributed by atoms with Crippen LogP contribution in [0.3, 0.4) is 0 Å². The van der Waals surface area contributed by atoms with Gasteiger partial charge in [-0.25, -0.2) is 4.98 Å². The van der Waals surface area contributed by atoms with E-state index in [9.17, 15) is 9.59 Å². The van der Waals surface area contributed by atoms with Crippen LogP contribution in [0.1, 0.15) is 52.9 Å². The maximum atomic E-state index is 13.2. The van der Waals surface area contributed by atoms with Crippen LogP contribution in [0, 0.1) is 13.8 Å². The molecule has 6 nitrogen and oxygen atoms in total. The molecule has 1 atom stereocenters. The first-order valence-corrected chi connectivity index (χ1v) is 13.2. The fourth-order valence-electron chi connectivity index (χ4n) is 4.32. The normalized spacial score (nSPS) is 14.3. The Kier molecular flexibility index (Phi) is 7.56. The average Bonchev–Trinajstić information content (AvgIpc) is 3.10. The van der Waals surface area contributed by atoms with Gasteiger partial charge in [0.05, 0.1) is 30.3 Å². The van der Waals surface area contributed by atoms with Crippen LogP contribution in [0.15, 0.2) is 28.2 Å². The summed E-state index contributed by atoms with van der Waals surface area (Å²) in [4.78, 5) is 32.5. The van der Waals surface area contributed by atoms with Gasteiger partial charge in [-0.3, -0.25) is 14.2 Å². The van der Waals surface area contributed by atoms with Gasteiger partial charge >= 0.3 is 0 Å². The van der Waals surface area contributed by atoms with E-state index in [2.05, 4.69) is 23.5 Å². The Hall–Kier alpha value is -2.16. The number of aryl methyl sites for hydroxylation is 4. The van der Waals surface area contributed by atoms with Gasteiger partial charge < -0.3 is 10.1 Å². The zero-order chi connectivity index (χ0) is 23.5. The summed E-state index contributed by atoms with van der Waals surface area (Å²) in [5, 5.41) is 4.33. The molecule has 33 heavy (non-hydrogen) atoms. The fourth-order valence-corrected chi connectivity index (χ4v) is 6.22. The van der Waals surface area contributed by atoms with Gasteiger partial charge in [0.15, 0.2) is 5.16 Å². The molecule has 0 fully saturated rings. The number of amides is 1. The number of ether oxygens (including phenoxy) is 1. The van der Waals surface area contributed by atoms with Crippen LogP contribution < -0.4 is 10.9 Å². The summed E-state index contributed by atoms with van der Waals surface area (Å²) in [7, 11) is 1.61. The minimum absolute atomic E-state index is 0.0655. The molecule has 1 N–H and O–H groups in total. The molecule has 0 aliphatic heterocycles. The van der Waals surface area contributed by atoms with Gasteiger partial charge in [-0.2, -0.15) is 0 Å². The largest absolute Gasteiger partial charge is 0.383 e. The van der Waals surface area contributed by atoms with E-state index in [4.69, 9.17) is 9.72 Å². The van der Waals surface area contributed by atoms with Crippen LogP contribution >= 0.6 is 23.1 Å². The third-order valence-corrected chi connectivity index (χ3v) is 8.43. The van der Waals surface area contributed by atoms with Crippen LogP contribution in [-0.2, 0) is 28.9 Å². The highest BCUT2D eigenvalue weighted by molar-refractivity contribution is 7.99. The van der Waals surface area contributed by atoms with E-state index in [0.29, 0.717) is 23.7 Å². The zero-order valence-corrected chi connectivity index (χ0v) is 21.3. The number of hydrogen-bond donors (Lipinski definition) is 1. The SMILES string of the molecule is COCCn1c(SCC(=O)NC(C)c2ccc3c(c2)CCCC3)nc2sc(C)c(C)c2c1=O. The molecular formula is C25H31N3O3S2. The van der Waals surface area contributed by atoms with Gasteiger partial charge in [0, 0.05) is 12.0 Å². The van der Waals surface area contributed by atoms with Crippen molar-refractivity contribution in [1.29, 1.82) is 0 Å². The van der Waals surface area contributed by atoms with Gasteiger partial charge in [-0.15, -0.1) is 11.3 Å². The number of benzene rings is 1. The number of carbonyl (C=O) groups is 1. The lowest BCUT2D eigenvalue weighted by Crippen LogP contribution is -2.29. The molecule has 1 aliphatic carbocycles. The first kappa shape index (κ1) is 24.0. The van der Waals surface area contributed by atoms with Crippen LogP contribution in [-0.4, -0.2) is 34.9 Å². The summed E-state index contributed by atoms with van der Waals surface area (Å²) in [5.74, 6) is 0.125. The predicted molar refractivity (Wildman–Crippen MR) is 136 cm³/mol. The number of nitrogens with one attached hydrogen (secondary N) is 1. The van der Waals surface area contributed by atoms with Crippen LogP contribution in [0.5, 0.6) is 0 Å². The van der Waals surface area contributed by atoms with Crippen molar-refractivity contribution in [1.82, 2.24) is 14.9 Å². The average molecular weight is 486 g/mol. The van der Waals surface area contributed by atoms with E-state index in [1.165, 1.54) is 47.1 Å². The van der Waals surface area contributed by atoms with Gasteiger partial charge in [0.1, 0.15) is 4.83 Å². The molecule has 1 unspecified atom stereocenters. The van der Waals surface area contributed by atoms with Crippen LogP contribution in [0.2, 0.25) is 0 Å². The standard InChI is InChI=1S/C25H31N3O3S2/c1-15-17(3)33-23-22(15)24(30)28(11-12-31-4)25(27-23)32-14-21(29)26-16(2)19-10-9-18-7-5-6-8-20(18)13-19/h9-10,13,16H,5-8,11-12,14H2,1-4H3,(H,26,29). The molecule has 1 aromatic carbocycles. The van der Waals surface area contributed by atoms with Crippen molar-refractivity contribution in [3.63, 3.8) is 0 Å². The van der Waals surface area contributed by atoms with Crippen molar-refractivity contribution >= 4 is 39.2 Å². The number of rotatable bonds is 8. The first-order chi connectivity index (χ1) is 15.9. The number of fused-ring (bicyclic) bond motifs is 2. The van der Waals surface area contributed by atoms with Crippen molar-refractivity contribution < 1.29 is 9.53 Å². The molecular weight excluding hydrogens is 454 g/mol. The number of hydrogen-bond acceptors (Lipinski definition) is 6. The second-order valence-corrected chi connectivity index (χ2v) is 10.8. The van der Waals surface area contributed by atoms with Crippen molar-refractivity contribution in [2.75, 3.05) is 19.5 Å². The summed E-state index contributed by atoms with van der Waals surface area (Å²) < 4.78 is 6.83. The van der Waals surface area contributed by atoms with E-state index in [0.717, 1.165) is 33.7 Å². The number of nitrogens with zero attached hydrogens (tertiary/aromatic N) is 2. The van der Waals surface area contributed by atoms with Crippen LogP contribution in [0.25, 0.3) is 10.2 Å². The maximum Gasteiger partial charge on any atom is 0.263 e. The number of thioether (sulfide) groups is 1. The molecule has 0 radical (unpaired) electrons. The molecule has 1 aliphatic rings. The van der Waals surface area contributed by atoms with Crippen molar-refractivity contribution in [3.05, 3.63) is 55.7 Å². The molecule has 176 valence electrons. The minimum atomic E-state index is -0.0728. The molecule has 1 amide bonds. The second kappa shape index (κ2) is 10.4. The lowest BCUT2D eigenvalue weighted by molar-refractivity contribution is -0.119. The van der Waals surface area contributed by atoms with Crippen LogP contribution in [0.4, 0.5) is 0 Å². The molecule has 3 aromatic rings. The summed E-state index contributed by atoms with van der Waals surface area (Å²) in [6.07, 6.45) is 4.77. The van der Waals surface area contributed by atoms with Crippen molar-refractivity contribution in [2.24, 2.45) is 0 Å². The van der Waals surface area contributed by atoms with Gasteiger partial charge in [0.2, 0.25) is 5.91 Å². The Labute approximate surface area is 202 Å². The highest BCUT2D eigenvalue weighted by Gasteiger charge is 2.19. The summed E-state index contributed by atoms with van der Waals surface area (Å²) in [6, 6.07) is 6.51. The Balaban J connectivity index is 1.48. The Morgan fingerprint density at radius 3 is 2.79 bits per heavy atom. The third kappa shape index (κ3) is 5.18. The summed E-state index contributed by atoms with van der Waals surface area (Å²) >= 11 is 2.82. The quantitative estimate of drug-likeness (QED) is 0.374.